The molecule has 0 saturated carbocycles. The molecular formula is C26H23F3N6O4S. The average molecular weight is 573 g/mol. The van der Waals surface area contributed by atoms with Gasteiger partial charge in [0, 0.05) is 42.5 Å². The maximum absolute atomic E-state index is 13.0. The zero-order valence-electron chi connectivity index (χ0n) is 21.0. The van der Waals surface area contributed by atoms with Crippen molar-refractivity contribution in [2.45, 2.75) is 31.3 Å². The lowest BCUT2D eigenvalue weighted by Crippen LogP contribution is -2.51. The van der Waals surface area contributed by atoms with E-state index in [2.05, 4.69) is 20.2 Å². The van der Waals surface area contributed by atoms with Crippen molar-refractivity contribution >= 4 is 32.6 Å². The van der Waals surface area contributed by atoms with Crippen LogP contribution in [0, 0.1) is 0 Å². The third-order valence-corrected chi connectivity index (χ3v) is 8.32. The first-order valence-corrected chi connectivity index (χ1v) is 14.1. The Hall–Kier alpha value is -4.01. The number of nitrogens with one attached hydrogen (secondary N) is 1. The lowest BCUT2D eigenvalue weighted by molar-refractivity contribution is -0.137. The minimum atomic E-state index is -4.52. The van der Waals surface area contributed by atoms with Crippen LogP contribution in [-0.2, 0) is 22.7 Å². The van der Waals surface area contributed by atoms with Gasteiger partial charge in [-0.1, -0.05) is 6.07 Å². The largest absolute Gasteiger partial charge is 0.439 e. The van der Waals surface area contributed by atoms with Crippen molar-refractivity contribution in [1.82, 2.24) is 23.7 Å². The summed E-state index contributed by atoms with van der Waals surface area (Å²) in [4.78, 5) is 23.4. The highest BCUT2D eigenvalue weighted by atomic mass is 32.2. The Morgan fingerprint density at radius 1 is 1.12 bits per heavy atom. The number of aromatic nitrogens is 3. The van der Waals surface area contributed by atoms with Gasteiger partial charge in [0.15, 0.2) is 0 Å². The summed E-state index contributed by atoms with van der Waals surface area (Å²) in [6.07, 6.45) is 0.247. The Bertz CT molecular complexity index is 1720. The molecule has 1 N–H and O–H groups in total. The molecule has 5 heterocycles. The molecule has 2 aromatic carbocycles. The van der Waals surface area contributed by atoms with E-state index in [9.17, 15) is 26.4 Å². The molecule has 3 saturated heterocycles. The molecule has 0 spiro atoms. The number of fused-ring (bicyclic) bond motifs is 2. The van der Waals surface area contributed by atoms with Crippen LogP contribution >= 0.6 is 0 Å². The first-order valence-electron chi connectivity index (χ1n) is 12.3. The van der Waals surface area contributed by atoms with Crippen molar-refractivity contribution in [3.05, 3.63) is 78.4 Å². The minimum absolute atomic E-state index is 0.0245. The lowest BCUT2D eigenvalue weighted by Gasteiger charge is -2.40. The lowest BCUT2D eigenvalue weighted by atomic mass is 10.0. The second-order valence-corrected chi connectivity index (χ2v) is 11.7. The van der Waals surface area contributed by atoms with Gasteiger partial charge >= 0.3 is 12.2 Å². The summed E-state index contributed by atoms with van der Waals surface area (Å²) in [6.45, 7) is 0.943. The highest BCUT2D eigenvalue weighted by Gasteiger charge is 2.53. The van der Waals surface area contributed by atoms with Gasteiger partial charge in [-0.3, -0.25) is 9.47 Å². The van der Waals surface area contributed by atoms with Gasteiger partial charge in [-0.2, -0.15) is 17.5 Å². The van der Waals surface area contributed by atoms with Gasteiger partial charge in [0.05, 0.1) is 29.2 Å². The number of hydrogen-bond acceptors (Lipinski definition) is 7. The molecule has 14 heteroatoms. The summed E-state index contributed by atoms with van der Waals surface area (Å²) in [6, 6.07) is 12.4. The number of sulfonamides is 1. The quantitative estimate of drug-likeness (QED) is 0.362. The van der Waals surface area contributed by atoms with E-state index in [0.717, 1.165) is 18.6 Å². The van der Waals surface area contributed by atoms with Crippen molar-refractivity contribution < 1.29 is 31.1 Å². The molecule has 1 amide bonds. The number of nitrogens with zero attached hydrogens (tertiary/aromatic N) is 5. The van der Waals surface area contributed by atoms with Crippen LogP contribution in [0.4, 0.5) is 23.7 Å². The molecule has 2 unspecified atom stereocenters. The Morgan fingerprint density at radius 2 is 1.95 bits per heavy atom. The number of rotatable bonds is 6. The normalized spacial score (nSPS) is 19.5. The molecule has 0 radical (unpaired) electrons. The van der Waals surface area contributed by atoms with Crippen molar-refractivity contribution in [3.63, 3.8) is 0 Å². The topological polar surface area (TPSA) is 110 Å². The molecule has 2 aromatic heterocycles. The van der Waals surface area contributed by atoms with Crippen LogP contribution in [-0.4, -0.2) is 63.2 Å². The third kappa shape index (κ3) is 5.00. The van der Waals surface area contributed by atoms with Crippen LogP contribution in [0.25, 0.3) is 10.9 Å². The molecule has 0 aliphatic carbocycles. The Kier molecular flexibility index (Phi) is 6.27. The summed E-state index contributed by atoms with van der Waals surface area (Å²) in [5.41, 5.74) is 0.388. The monoisotopic (exact) mass is 572 g/mol. The van der Waals surface area contributed by atoms with E-state index >= 15 is 0 Å². The number of alkyl halides is 3. The molecule has 4 aromatic rings. The Morgan fingerprint density at radius 3 is 2.70 bits per heavy atom. The van der Waals surface area contributed by atoms with Gasteiger partial charge in [0.2, 0.25) is 15.9 Å². The van der Waals surface area contributed by atoms with Crippen molar-refractivity contribution in [2.24, 2.45) is 0 Å². The van der Waals surface area contributed by atoms with Crippen molar-refractivity contribution in [3.8, 4) is 11.6 Å². The van der Waals surface area contributed by atoms with Gasteiger partial charge in [-0.15, -0.1) is 0 Å². The number of hydrogen-bond donors (Lipinski definition) is 1. The van der Waals surface area contributed by atoms with E-state index in [4.69, 9.17) is 4.74 Å². The first-order chi connectivity index (χ1) is 19.0. The van der Waals surface area contributed by atoms with E-state index in [1.165, 1.54) is 39.8 Å². The predicted molar refractivity (Wildman–Crippen MR) is 139 cm³/mol. The van der Waals surface area contributed by atoms with Gasteiger partial charge in [-0.25, -0.2) is 23.2 Å². The maximum atomic E-state index is 13.0. The molecule has 40 heavy (non-hydrogen) atoms. The van der Waals surface area contributed by atoms with Crippen molar-refractivity contribution in [1.29, 1.82) is 0 Å². The number of benzene rings is 2. The number of carbonyl (C=O) groups excluding carboxylic acids is 1. The second kappa shape index (κ2) is 9.57. The minimum Gasteiger partial charge on any atom is -0.439 e. The van der Waals surface area contributed by atoms with Gasteiger partial charge in [-0.05, 0) is 48.9 Å². The predicted octanol–water partition coefficient (Wildman–Crippen LogP) is 4.50. The van der Waals surface area contributed by atoms with Crippen LogP contribution in [0.15, 0.2) is 67.1 Å². The zero-order chi connectivity index (χ0) is 28.2. The third-order valence-electron chi connectivity index (χ3n) is 7.07. The van der Waals surface area contributed by atoms with Crippen LogP contribution in [0.2, 0.25) is 0 Å². The molecule has 208 valence electrons. The van der Waals surface area contributed by atoms with Crippen molar-refractivity contribution in [2.75, 3.05) is 18.1 Å². The fraction of sp³-hybridized carbons (Fsp3) is 0.269. The Balaban J connectivity index is 1.14. The van der Waals surface area contributed by atoms with E-state index in [0.29, 0.717) is 41.3 Å². The number of halogens is 3. The van der Waals surface area contributed by atoms with Gasteiger partial charge < -0.3 is 10.1 Å². The van der Waals surface area contributed by atoms with Crippen LogP contribution < -0.4 is 10.1 Å². The summed E-state index contributed by atoms with van der Waals surface area (Å²) in [5.74, 6) is 0.763. The van der Waals surface area contributed by atoms with Gasteiger partial charge in [0.1, 0.15) is 12.1 Å². The molecular weight excluding hydrogens is 549 g/mol. The van der Waals surface area contributed by atoms with Crippen LogP contribution in [0.1, 0.15) is 17.7 Å². The highest BCUT2D eigenvalue weighted by Crippen LogP contribution is 2.39. The maximum Gasteiger partial charge on any atom is 0.416 e. The first kappa shape index (κ1) is 26.2. The molecule has 7 rings (SSSR count). The average Bonchev–Trinajstić information content (AvgIpc) is 3.61. The zero-order valence-corrected chi connectivity index (χ0v) is 21.9. The fourth-order valence-corrected chi connectivity index (χ4v) is 6.24. The summed E-state index contributed by atoms with van der Waals surface area (Å²) >= 11 is 0. The molecule has 2 bridgehead atoms. The number of amides is 1. The standard InChI is InChI=1S/C26H23F3N6O4S/c1-40(37,38)35-14-20-12-24(35)34(20)13-19-11-23(31-15-30-19)39-21-5-6-22-16(9-21)7-8-33(22)25(36)32-18-4-2-3-17(10-18)26(27,28)29/h2-11,15,20,24H,12-14H2,1H3,(H,32,36). The number of carbonyl (C=O) groups is 1. The molecule has 10 nitrogen and oxygen atoms in total. The van der Waals surface area contributed by atoms with Crippen LogP contribution in [0.5, 0.6) is 11.6 Å². The fourth-order valence-electron chi connectivity index (χ4n) is 5.15. The van der Waals surface area contributed by atoms with Gasteiger partial charge in [0.25, 0.3) is 0 Å². The number of anilines is 1. The molecule has 3 fully saturated rings. The summed E-state index contributed by atoms with van der Waals surface area (Å²) < 4.78 is 71.7. The van der Waals surface area contributed by atoms with Crippen LogP contribution in [0.3, 0.4) is 0 Å². The molecule has 2 atom stereocenters. The van der Waals surface area contributed by atoms with E-state index < -0.39 is 27.8 Å². The number of ether oxygens (including phenoxy) is 1. The second-order valence-electron chi connectivity index (χ2n) is 9.74. The Labute approximate surface area is 227 Å². The summed E-state index contributed by atoms with van der Waals surface area (Å²) in [7, 11) is -3.26. The van der Waals surface area contributed by atoms with E-state index in [-0.39, 0.29) is 17.9 Å². The highest BCUT2D eigenvalue weighted by molar-refractivity contribution is 7.88. The van der Waals surface area contributed by atoms with E-state index in [1.807, 2.05) is 0 Å². The molecule has 3 aliphatic rings. The summed E-state index contributed by atoms with van der Waals surface area (Å²) in [5, 5.41) is 3.16. The SMILES string of the molecule is CS(=O)(=O)N1CC2CC1N2Cc1cc(Oc2ccc3c(ccn3C(=O)Nc3cccc(C(F)(F)F)c3)c2)ncn1. The van der Waals surface area contributed by atoms with E-state index in [1.54, 1.807) is 30.3 Å². The smallest absolute Gasteiger partial charge is 0.416 e. The molecule has 3 aliphatic heterocycles.